The fourth-order valence-electron chi connectivity index (χ4n) is 1.85. The van der Waals surface area contributed by atoms with Crippen LogP contribution in [0, 0.1) is 3.57 Å². The Bertz CT molecular complexity index is 750. The topological polar surface area (TPSA) is 25.2 Å². The van der Waals surface area contributed by atoms with E-state index in [4.69, 9.17) is 0 Å². The second-order valence-electron chi connectivity index (χ2n) is 4.14. The first-order valence-corrected chi connectivity index (χ1v) is 7.05. The summed E-state index contributed by atoms with van der Waals surface area (Å²) >= 11 is 2.28. The van der Waals surface area contributed by atoms with Crippen LogP contribution in [0.5, 0.6) is 0 Å². The van der Waals surface area contributed by atoms with Crippen molar-refractivity contribution in [3.8, 4) is 0 Å². The van der Waals surface area contributed by atoms with Crippen LogP contribution in [-0.4, -0.2) is 11.2 Å². The zero-order valence-corrected chi connectivity index (χ0v) is 12.3. The summed E-state index contributed by atoms with van der Waals surface area (Å²) in [6.45, 7) is 0. The Kier molecular flexibility index (Phi) is 3.55. The van der Waals surface area contributed by atoms with E-state index in [1.807, 2.05) is 54.7 Å². The lowest BCUT2D eigenvalue weighted by Gasteiger charge is -1.99. The van der Waals surface area contributed by atoms with Gasteiger partial charge in [0.15, 0.2) is 0 Å². The van der Waals surface area contributed by atoms with E-state index in [1.165, 1.54) is 0 Å². The minimum Gasteiger partial charge on any atom is -0.254 e. The summed E-state index contributed by atoms with van der Waals surface area (Å²) in [7, 11) is 0. The molecule has 0 amide bonds. The molecule has 0 aliphatic heterocycles. The third kappa shape index (κ3) is 2.81. The molecule has 0 atom stereocenters. The van der Waals surface area contributed by atoms with Gasteiger partial charge in [0.2, 0.25) is 0 Å². The SMILES string of the molecule is Ic1ccccc1N=Cc1ccc2ccccc2n1. The Balaban J connectivity index is 1.95. The van der Waals surface area contributed by atoms with Crippen LogP contribution in [-0.2, 0) is 0 Å². The molecule has 0 saturated carbocycles. The van der Waals surface area contributed by atoms with Crippen LogP contribution in [0.25, 0.3) is 10.9 Å². The van der Waals surface area contributed by atoms with Gasteiger partial charge in [-0.15, -0.1) is 0 Å². The number of nitrogens with zero attached hydrogens (tertiary/aromatic N) is 2. The third-order valence-electron chi connectivity index (χ3n) is 2.81. The first-order chi connectivity index (χ1) is 9.33. The van der Waals surface area contributed by atoms with Crippen LogP contribution < -0.4 is 0 Å². The van der Waals surface area contributed by atoms with E-state index in [9.17, 15) is 0 Å². The largest absolute Gasteiger partial charge is 0.254 e. The van der Waals surface area contributed by atoms with E-state index in [-0.39, 0.29) is 0 Å². The average molecular weight is 358 g/mol. The molecular formula is C16H11IN2. The lowest BCUT2D eigenvalue weighted by Crippen LogP contribution is -1.88. The van der Waals surface area contributed by atoms with Crippen molar-refractivity contribution in [3.05, 3.63) is 69.9 Å². The highest BCUT2D eigenvalue weighted by Gasteiger charge is 1.97. The van der Waals surface area contributed by atoms with E-state index in [0.717, 1.165) is 25.9 Å². The Morgan fingerprint density at radius 1 is 0.895 bits per heavy atom. The molecule has 3 aromatic rings. The zero-order chi connectivity index (χ0) is 13.1. The van der Waals surface area contributed by atoms with Crippen LogP contribution in [0.2, 0.25) is 0 Å². The van der Waals surface area contributed by atoms with Gasteiger partial charge in [0.25, 0.3) is 0 Å². The summed E-state index contributed by atoms with van der Waals surface area (Å²) in [5.41, 5.74) is 2.84. The van der Waals surface area contributed by atoms with Gasteiger partial charge in [-0.05, 0) is 46.9 Å². The van der Waals surface area contributed by atoms with Gasteiger partial charge in [-0.25, -0.2) is 4.98 Å². The number of aromatic nitrogens is 1. The number of rotatable bonds is 2. The van der Waals surface area contributed by atoms with Crippen LogP contribution >= 0.6 is 22.6 Å². The zero-order valence-electron chi connectivity index (χ0n) is 10.1. The Labute approximate surface area is 125 Å². The van der Waals surface area contributed by atoms with E-state index >= 15 is 0 Å². The first-order valence-electron chi connectivity index (χ1n) is 5.97. The fraction of sp³-hybridized carbons (Fsp3) is 0. The van der Waals surface area contributed by atoms with Gasteiger partial charge < -0.3 is 0 Å². The quantitative estimate of drug-likeness (QED) is 0.486. The Morgan fingerprint density at radius 3 is 2.58 bits per heavy atom. The van der Waals surface area contributed by atoms with E-state index in [1.54, 1.807) is 0 Å². The van der Waals surface area contributed by atoms with Gasteiger partial charge in [0.05, 0.1) is 23.1 Å². The van der Waals surface area contributed by atoms with Gasteiger partial charge in [0, 0.05) is 8.96 Å². The molecule has 2 aromatic carbocycles. The minimum absolute atomic E-state index is 0.873. The molecule has 3 heteroatoms. The van der Waals surface area contributed by atoms with Gasteiger partial charge in [0.1, 0.15) is 0 Å². The normalized spacial score (nSPS) is 11.2. The monoisotopic (exact) mass is 358 g/mol. The van der Waals surface area contributed by atoms with Gasteiger partial charge in [-0.2, -0.15) is 0 Å². The van der Waals surface area contributed by atoms with Crippen molar-refractivity contribution >= 4 is 45.4 Å². The van der Waals surface area contributed by atoms with Crippen molar-refractivity contribution in [2.45, 2.75) is 0 Å². The molecule has 0 unspecified atom stereocenters. The van der Waals surface area contributed by atoms with Crippen molar-refractivity contribution in [2.75, 3.05) is 0 Å². The molecule has 1 heterocycles. The van der Waals surface area contributed by atoms with E-state index in [0.29, 0.717) is 0 Å². The number of fused-ring (bicyclic) bond motifs is 1. The summed E-state index contributed by atoms with van der Waals surface area (Å²) in [5, 5.41) is 1.15. The summed E-state index contributed by atoms with van der Waals surface area (Å²) in [6.07, 6.45) is 1.81. The van der Waals surface area contributed by atoms with Crippen LogP contribution in [0.1, 0.15) is 5.69 Å². The molecule has 0 radical (unpaired) electrons. The summed E-state index contributed by atoms with van der Waals surface area (Å²) < 4.78 is 1.14. The average Bonchev–Trinajstić information content (AvgIpc) is 2.46. The summed E-state index contributed by atoms with van der Waals surface area (Å²) in [4.78, 5) is 9.06. The number of hydrogen-bond acceptors (Lipinski definition) is 2. The smallest absolute Gasteiger partial charge is 0.0820 e. The maximum Gasteiger partial charge on any atom is 0.0820 e. The van der Waals surface area contributed by atoms with E-state index < -0.39 is 0 Å². The fourth-order valence-corrected chi connectivity index (χ4v) is 2.37. The highest BCUT2D eigenvalue weighted by Crippen LogP contribution is 2.20. The second kappa shape index (κ2) is 5.48. The highest BCUT2D eigenvalue weighted by molar-refractivity contribution is 14.1. The van der Waals surface area contributed by atoms with Crippen molar-refractivity contribution in [2.24, 2.45) is 4.99 Å². The number of para-hydroxylation sites is 2. The lowest BCUT2D eigenvalue weighted by molar-refractivity contribution is 1.37. The molecule has 0 N–H and O–H groups in total. The minimum atomic E-state index is 0.873. The molecule has 3 rings (SSSR count). The molecule has 0 spiro atoms. The lowest BCUT2D eigenvalue weighted by atomic mass is 10.2. The molecule has 19 heavy (non-hydrogen) atoms. The van der Waals surface area contributed by atoms with Gasteiger partial charge in [-0.1, -0.05) is 36.4 Å². The predicted octanol–water partition coefficient (Wildman–Crippen LogP) is 4.59. The van der Waals surface area contributed by atoms with E-state index in [2.05, 4.69) is 44.7 Å². The predicted molar refractivity (Wildman–Crippen MR) is 88.2 cm³/mol. The standard InChI is InChI=1S/C16H11IN2/c17-14-6-2-4-8-16(14)18-11-13-10-9-12-5-1-3-7-15(12)19-13/h1-11H. The van der Waals surface area contributed by atoms with Crippen LogP contribution in [0.4, 0.5) is 5.69 Å². The second-order valence-corrected chi connectivity index (χ2v) is 5.30. The number of aliphatic imine (C=N–C) groups is 1. The molecule has 0 bridgehead atoms. The number of pyridine rings is 1. The molecule has 1 aromatic heterocycles. The maximum atomic E-state index is 4.57. The number of hydrogen-bond donors (Lipinski definition) is 0. The van der Waals surface area contributed by atoms with Crippen LogP contribution in [0.3, 0.4) is 0 Å². The molecule has 0 saturated heterocycles. The summed E-state index contributed by atoms with van der Waals surface area (Å²) in [5.74, 6) is 0. The molecule has 2 nitrogen and oxygen atoms in total. The number of halogens is 1. The van der Waals surface area contributed by atoms with Crippen molar-refractivity contribution in [3.63, 3.8) is 0 Å². The molecule has 0 fully saturated rings. The molecule has 92 valence electrons. The Hall–Kier alpha value is -1.75. The van der Waals surface area contributed by atoms with Crippen molar-refractivity contribution in [1.29, 1.82) is 0 Å². The van der Waals surface area contributed by atoms with Gasteiger partial charge >= 0.3 is 0 Å². The molecule has 0 aliphatic rings. The molecule has 0 aliphatic carbocycles. The maximum absolute atomic E-state index is 4.57. The van der Waals surface area contributed by atoms with Crippen molar-refractivity contribution < 1.29 is 0 Å². The van der Waals surface area contributed by atoms with Crippen LogP contribution in [0.15, 0.2) is 65.7 Å². The highest BCUT2D eigenvalue weighted by atomic mass is 127. The first kappa shape index (κ1) is 12.3. The number of benzene rings is 2. The third-order valence-corrected chi connectivity index (χ3v) is 3.72. The molecular weight excluding hydrogens is 347 g/mol. The van der Waals surface area contributed by atoms with Gasteiger partial charge in [-0.3, -0.25) is 4.99 Å². The summed E-state index contributed by atoms with van der Waals surface area (Å²) in [6, 6.07) is 20.2. The van der Waals surface area contributed by atoms with Crippen molar-refractivity contribution in [1.82, 2.24) is 4.98 Å². The Morgan fingerprint density at radius 2 is 1.68 bits per heavy atom.